The fraction of sp³-hybridized carbons (Fsp3) is 0.158. The summed E-state index contributed by atoms with van der Waals surface area (Å²) < 4.78 is 5.60. The van der Waals surface area contributed by atoms with Gasteiger partial charge in [-0.1, -0.05) is 17.7 Å². The molecule has 2 aromatic carbocycles. The molecule has 0 fully saturated rings. The smallest absolute Gasteiger partial charge is 0.255 e. The summed E-state index contributed by atoms with van der Waals surface area (Å²) in [5, 5.41) is 3.82. The number of anilines is 1. The zero-order valence-corrected chi connectivity index (χ0v) is 13.2. The van der Waals surface area contributed by atoms with Gasteiger partial charge in [-0.25, -0.2) is 0 Å². The van der Waals surface area contributed by atoms with Crippen molar-refractivity contribution in [3.05, 3.63) is 65.9 Å². The molecule has 0 bridgehead atoms. The number of nitrogens with zero attached hydrogens (tertiary/aromatic N) is 1. The number of carbonyl (C=O) groups excluding carboxylic acids is 1. The Kier molecular flexibility index (Phi) is 4.24. The molecule has 0 aliphatic rings. The second kappa shape index (κ2) is 6.48. The summed E-state index contributed by atoms with van der Waals surface area (Å²) in [7, 11) is 0. The first kappa shape index (κ1) is 15.0. The Labute approximate surface area is 135 Å². The summed E-state index contributed by atoms with van der Waals surface area (Å²) in [6.45, 7) is 4.50. The Morgan fingerprint density at radius 3 is 2.65 bits per heavy atom. The van der Waals surface area contributed by atoms with E-state index < -0.39 is 0 Å². The van der Waals surface area contributed by atoms with Crippen molar-refractivity contribution < 1.29 is 9.53 Å². The van der Waals surface area contributed by atoms with Gasteiger partial charge >= 0.3 is 0 Å². The second-order valence-corrected chi connectivity index (χ2v) is 5.26. The van der Waals surface area contributed by atoms with Crippen LogP contribution in [0.2, 0.25) is 0 Å². The lowest BCUT2D eigenvalue weighted by Crippen LogP contribution is -2.12. The molecule has 0 aliphatic carbocycles. The molecule has 4 nitrogen and oxygen atoms in total. The van der Waals surface area contributed by atoms with E-state index in [4.69, 9.17) is 4.74 Å². The Morgan fingerprint density at radius 2 is 1.91 bits per heavy atom. The average Bonchev–Trinajstić information content (AvgIpc) is 2.58. The minimum absolute atomic E-state index is 0.140. The number of fused-ring (bicyclic) bond motifs is 1. The zero-order valence-electron chi connectivity index (χ0n) is 13.2. The molecular weight excluding hydrogens is 288 g/mol. The van der Waals surface area contributed by atoms with Crippen molar-refractivity contribution in [3.8, 4) is 5.75 Å². The molecule has 0 radical (unpaired) electrons. The van der Waals surface area contributed by atoms with Gasteiger partial charge < -0.3 is 10.1 Å². The van der Waals surface area contributed by atoms with Crippen molar-refractivity contribution in [1.82, 2.24) is 4.98 Å². The molecule has 0 aliphatic heterocycles. The molecule has 4 heteroatoms. The van der Waals surface area contributed by atoms with E-state index in [1.165, 1.54) is 0 Å². The van der Waals surface area contributed by atoms with Crippen molar-refractivity contribution in [2.75, 3.05) is 11.9 Å². The van der Waals surface area contributed by atoms with Crippen LogP contribution < -0.4 is 10.1 Å². The fourth-order valence-corrected chi connectivity index (χ4v) is 2.43. The number of amides is 1. The van der Waals surface area contributed by atoms with Crippen LogP contribution in [0.15, 0.2) is 54.7 Å². The van der Waals surface area contributed by atoms with E-state index in [-0.39, 0.29) is 5.91 Å². The molecular formula is C19H18N2O2. The molecule has 0 saturated heterocycles. The number of hydrogen-bond acceptors (Lipinski definition) is 3. The molecule has 1 N–H and O–H groups in total. The van der Waals surface area contributed by atoms with Crippen LogP contribution >= 0.6 is 0 Å². The summed E-state index contributed by atoms with van der Waals surface area (Å²) >= 11 is 0. The number of rotatable bonds is 4. The number of nitrogens with one attached hydrogen (secondary N) is 1. The lowest BCUT2D eigenvalue weighted by Gasteiger charge is -2.12. The molecule has 0 atom stereocenters. The SMILES string of the molecule is CCOc1ccc(NC(=O)c2ccc(C)cc2)c2cccnc12. The van der Waals surface area contributed by atoms with Crippen LogP contribution in [-0.4, -0.2) is 17.5 Å². The second-order valence-electron chi connectivity index (χ2n) is 5.26. The van der Waals surface area contributed by atoms with Crippen LogP contribution in [-0.2, 0) is 0 Å². The van der Waals surface area contributed by atoms with Crippen LogP contribution in [0.4, 0.5) is 5.69 Å². The highest BCUT2D eigenvalue weighted by molar-refractivity contribution is 6.09. The Hall–Kier alpha value is -2.88. The van der Waals surface area contributed by atoms with Gasteiger partial charge in [-0.3, -0.25) is 9.78 Å². The largest absolute Gasteiger partial charge is 0.492 e. The summed E-state index contributed by atoms with van der Waals surface area (Å²) in [4.78, 5) is 16.8. The lowest BCUT2D eigenvalue weighted by molar-refractivity contribution is 0.102. The van der Waals surface area contributed by atoms with Gasteiger partial charge in [0.15, 0.2) is 0 Å². The maximum atomic E-state index is 12.4. The molecule has 3 rings (SSSR count). The summed E-state index contributed by atoms with van der Waals surface area (Å²) in [5.41, 5.74) is 3.22. The third-order valence-corrected chi connectivity index (χ3v) is 3.59. The molecule has 0 spiro atoms. The van der Waals surface area contributed by atoms with Gasteiger partial charge in [0.1, 0.15) is 11.3 Å². The van der Waals surface area contributed by atoms with Gasteiger partial charge in [-0.15, -0.1) is 0 Å². The molecule has 1 heterocycles. The Morgan fingerprint density at radius 1 is 1.13 bits per heavy atom. The van der Waals surface area contributed by atoms with Crippen LogP contribution in [0.3, 0.4) is 0 Å². The van der Waals surface area contributed by atoms with Crippen LogP contribution in [0.1, 0.15) is 22.8 Å². The van der Waals surface area contributed by atoms with Crippen LogP contribution in [0, 0.1) is 6.92 Å². The number of benzene rings is 2. The number of aryl methyl sites for hydroxylation is 1. The van der Waals surface area contributed by atoms with E-state index in [1.807, 2.05) is 62.4 Å². The van der Waals surface area contributed by atoms with E-state index in [2.05, 4.69) is 10.3 Å². The molecule has 0 saturated carbocycles. The zero-order chi connectivity index (χ0) is 16.2. The van der Waals surface area contributed by atoms with E-state index in [0.29, 0.717) is 12.2 Å². The minimum atomic E-state index is -0.140. The van der Waals surface area contributed by atoms with Crippen LogP contribution in [0.5, 0.6) is 5.75 Å². The summed E-state index contributed by atoms with van der Waals surface area (Å²) in [6, 6.07) is 14.9. The maximum Gasteiger partial charge on any atom is 0.255 e. The Bertz CT molecular complexity index is 842. The number of carbonyl (C=O) groups is 1. The molecule has 23 heavy (non-hydrogen) atoms. The van der Waals surface area contributed by atoms with Gasteiger partial charge in [0, 0.05) is 17.1 Å². The first-order valence-electron chi connectivity index (χ1n) is 7.57. The van der Waals surface area contributed by atoms with Gasteiger partial charge in [0.2, 0.25) is 0 Å². The molecule has 1 aromatic heterocycles. The first-order chi connectivity index (χ1) is 11.2. The number of hydrogen-bond donors (Lipinski definition) is 1. The molecule has 0 unspecified atom stereocenters. The highest BCUT2D eigenvalue weighted by atomic mass is 16.5. The van der Waals surface area contributed by atoms with Gasteiger partial charge in [0.25, 0.3) is 5.91 Å². The average molecular weight is 306 g/mol. The van der Waals surface area contributed by atoms with E-state index in [9.17, 15) is 4.79 Å². The topological polar surface area (TPSA) is 51.2 Å². The predicted octanol–water partition coefficient (Wildman–Crippen LogP) is 4.19. The summed E-state index contributed by atoms with van der Waals surface area (Å²) in [6.07, 6.45) is 1.72. The number of pyridine rings is 1. The quantitative estimate of drug-likeness (QED) is 0.786. The van der Waals surface area contributed by atoms with E-state index >= 15 is 0 Å². The standard InChI is InChI=1S/C19H18N2O2/c1-3-23-17-11-10-16(15-5-4-12-20-18(15)17)21-19(22)14-8-6-13(2)7-9-14/h4-12H,3H2,1-2H3,(H,21,22). The third-order valence-electron chi connectivity index (χ3n) is 3.59. The van der Waals surface area contributed by atoms with E-state index in [1.54, 1.807) is 6.20 Å². The summed E-state index contributed by atoms with van der Waals surface area (Å²) in [5.74, 6) is 0.579. The molecule has 3 aromatic rings. The Balaban J connectivity index is 1.95. The van der Waals surface area contributed by atoms with E-state index in [0.717, 1.165) is 27.9 Å². The van der Waals surface area contributed by atoms with Gasteiger partial charge in [-0.2, -0.15) is 0 Å². The minimum Gasteiger partial charge on any atom is -0.492 e. The van der Waals surface area contributed by atoms with Crippen molar-refractivity contribution in [2.24, 2.45) is 0 Å². The van der Waals surface area contributed by atoms with Crippen molar-refractivity contribution in [3.63, 3.8) is 0 Å². The van der Waals surface area contributed by atoms with Crippen molar-refractivity contribution >= 4 is 22.5 Å². The first-order valence-corrected chi connectivity index (χ1v) is 7.57. The predicted molar refractivity (Wildman–Crippen MR) is 92.0 cm³/mol. The fourth-order valence-electron chi connectivity index (χ4n) is 2.43. The highest BCUT2D eigenvalue weighted by Crippen LogP contribution is 2.30. The number of aromatic nitrogens is 1. The highest BCUT2D eigenvalue weighted by Gasteiger charge is 2.11. The van der Waals surface area contributed by atoms with Crippen molar-refractivity contribution in [1.29, 1.82) is 0 Å². The van der Waals surface area contributed by atoms with Crippen LogP contribution in [0.25, 0.3) is 10.9 Å². The van der Waals surface area contributed by atoms with Gasteiger partial charge in [-0.05, 0) is 50.2 Å². The lowest BCUT2D eigenvalue weighted by atomic mass is 10.1. The monoisotopic (exact) mass is 306 g/mol. The molecule has 116 valence electrons. The third kappa shape index (κ3) is 3.16. The normalized spacial score (nSPS) is 10.5. The molecule has 1 amide bonds. The number of ether oxygens (including phenoxy) is 1. The van der Waals surface area contributed by atoms with Gasteiger partial charge in [0.05, 0.1) is 12.3 Å². The maximum absolute atomic E-state index is 12.4. The van der Waals surface area contributed by atoms with Crippen molar-refractivity contribution in [2.45, 2.75) is 13.8 Å².